The Kier molecular flexibility index (Phi) is 6.33. The molecule has 0 bridgehead atoms. The number of ether oxygens (including phenoxy) is 1. The van der Waals surface area contributed by atoms with Gasteiger partial charge in [0.05, 0.1) is 19.3 Å². The van der Waals surface area contributed by atoms with Crippen molar-refractivity contribution in [2.75, 3.05) is 19.8 Å². The largest absolute Gasteiger partial charge is 0.389 e. The van der Waals surface area contributed by atoms with Crippen LogP contribution in [0.5, 0.6) is 0 Å². The van der Waals surface area contributed by atoms with E-state index in [9.17, 15) is 5.11 Å². The summed E-state index contributed by atoms with van der Waals surface area (Å²) < 4.78 is 5.65. The van der Waals surface area contributed by atoms with Crippen LogP contribution in [0.4, 0.5) is 0 Å². The van der Waals surface area contributed by atoms with E-state index in [1.807, 2.05) is 0 Å². The zero-order valence-electron chi connectivity index (χ0n) is 12.3. The molecular formula is C15H29NO2. The minimum Gasteiger partial charge on any atom is -0.389 e. The lowest BCUT2D eigenvalue weighted by Gasteiger charge is -2.26. The highest BCUT2D eigenvalue weighted by Gasteiger charge is 2.19. The van der Waals surface area contributed by atoms with Crippen LogP contribution >= 0.6 is 0 Å². The Bertz CT molecular complexity index is 258. The maximum atomic E-state index is 9.81. The summed E-state index contributed by atoms with van der Waals surface area (Å²) in [6, 6.07) is 0. The van der Waals surface area contributed by atoms with E-state index in [1.54, 1.807) is 0 Å². The van der Waals surface area contributed by atoms with Gasteiger partial charge in [0, 0.05) is 12.1 Å². The average molecular weight is 255 g/mol. The molecule has 1 aliphatic rings. The molecule has 0 amide bonds. The van der Waals surface area contributed by atoms with Gasteiger partial charge in [-0.25, -0.2) is 0 Å². The standard InChI is InChI=1S/C15H29NO2/c1-12-7-5-6-8-13(12)10-18-11-14(17)9-16-15(2,3)4/h5-6,12-14,16-17H,7-11H2,1-4H3. The highest BCUT2D eigenvalue weighted by atomic mass is 16.5. The van der Waals surface area contributed by atoms with Crippen LogP contribution in [0.3, 0.4) is 0 Å². The Morgan fingerprint density at radius 2 is 2.00 bits per heavy atom. The first-order valence-electron chi connectivity index (χ1n) is 7.04. The number of hydrogen-bond acceptors (Lipinski definition) is 3. The van der Waals surface area contributed by atoms with Crippen LogP contribution < -0.4 is 5.32 Å². The normalized spacial score (nSPS) is 26.3. The number of allylic oxidation sites excluding steroid dienone is 2. The molecule has 0 radical (unpaired) electrons. The van der Waals surface area contributed by atoms with Crippen LogP contribution in [-0.2, 0) is 4.74 Å². The van der Waals surface area contributed by atoms with E-state index in [2.05, 4.69) is 45.2 Å². The maximum absolute atomic E-state index is 9.81. The van der Waals surface area contributed by atoms with E-state index in [-0.39, 0.29) is 5.54 Å². The van der Waals surface area contributed by atoms with E-state index < -0.39 is 6.10 Å². The number of aliphatic hydroxyl groups is 1. The Morgan fingerprint density at radius 1 is 1.33 bits per heavy atom. The Labute approximate surface area is 112 Å². The van der Waals surface area contributed by atoms with Gasteiger partial charge in [-0.15, -0.1) is 0 Å². The van der Waals surface area contributed by atoms with Crippen LogP contribution in [0.2, 0.25) is 0 Å². The van der Waals surface area contributed by atoms with E-state index >= 15 is 0 Å². The van der Waals surface area contributed by atoms with Gasteiger partial charge in [-0.1, -0.05) is 19.1 Å². The molecule has 0 aromatic rings. The molecule has 2 N–H and O–H groups in total. The third kappa shape index (κ3) is 6.53. The summed E-state index contributed by atoms with van der Waals surface area (Å²) in [4.78, 5) is 0. The van der Waals surface area contributed by atoms with Gasteiger partial charge >= 0.3 is 0 Å². The fourth-order valence-corrected chi connectivity index (χ4v) is 2.08. The molecule has 3 atom stereocenters. The summed E-state index contributed by atoms with van der Waals surface area (Å²) >= 11 is 0. The van der Waals surface area contributed by atoms with Crippen molar-refractivity contribution in [3.8, 4) is 0 Å². The van der Waals surface area contributed by atoms with Gasteiger partial charge in [0.25, 0.3) is 0 Å². The van der Waals surface area contributed by atoms with Gasteiger partial charge < -0.3 is 15.2 Å². The van der Waals surface area contributed by atoms with Crippen molar-refractivity contribution in [2.45, 2.75) is 52.2 Å². The maximum Gasteiger partial charge on any atom is 0.0897 e. The predicted octanol–water partition coefficient (Wildman–Crippen LogP) is 2.35. The van der Waals surface area contributed by atoms with Gasteiger partial charge in [-0.3, -0.25) is 0 Å². The summed E-state index contributed by atoms with van der Waals surface area (Å²) in [6.45, 7) is 10.3. The molecule has 0 aromatic carbocycles. The molecule has 3 unspecified atom stereocenters. The van der Waals surface area contributed by atoms with Gasteiger partial charge in [-0.2, -0.15) is 0 Å². The zero-order valence-corrected chi connectivity index (χ0v) is 12.3. The summed E-state index contributed by atoms with van der Waals surface area (Å²) in [5, 5.41) is 13.1. The van der Waals surface area contributed by atoms with E-state index in [0.29, 0.717) is 25.0 Å². The van der Waals surface area contributed by atoms with Crippen LogP contribution in [0.25, 0.3) is 0 Å². The quantitative estimate of drug-likeness (QED) is 0.716. The van der Waals surface area contributed by atoms with E-state index in [4.69, 9.17) is 4.74 Å². The first kappa shape index (κ1) is 15.7. The number of aliphatic hydroxyl groups excluding tert-OH is 1. The van der Waals surface area contributed by atoms with Crippen molar-refractivity contribution >= 4 is 0 Å². The van der Waals surface area contributed by atoms with Gasteiger partial charge in [-0.05, 0) is 45.4 Å². The molecule has 0 heterocycles. The molecule has 3 heteroatoms. The fourth-order valence-electron chi connectivity index (χ4n) is 2.08. The van der Waals surface area contributed by atoms with Crippen molar-refractivity contribution in [3.63, 3.8) is 0 Å². The second-order valence-corrected chi connectivity index (χ2v) is 6.50. The van der Waals surface area contributed by atoms with Crippen LogP contribution in [-0.4, -0.2) is 36.5 Å². The third-order valence-electron chi connectivity index (χ3n) is 3.43. The fraction of sp³-hybridized carbons (Fsp3) is 0.867. The third-order valence-corrected chi connectivity index (χ3v) is 3.43. The lowest BCUT2D eigenvalue weighted by molar-refractivity contribution is 0.0108. The molecule has 0 fully saturated rings. The second-order valence-electron chi connectivity index (χ2n) is 6.50. The predicted molar refractivity (Wildman–Crippen MR) is 75.6 cm³/mol. The first-order chi connectivity index (χ1) is 8.38. The van der Waals surface area contributed by atoms with Crippen LogP contribution in [0, 0.1) is 11.8 Å². The molecule has 1 rings (SSSR count). The molecule has 1 aliphatic carbocycles. The van der Waals surface area contributed by atoms with Gasteiger partial charge in [0.2, 0.25) is 0 Å². The molecule has 0 aliphatic heterocycles. The number of rotatable bonds is 6. The number of β-amino-alcohol motifs (C(OH)–C–C–N with tert-alkyl or cyclic N) is 1. The molecular weight excluding hydrogens is 226 g/mol. The monoisotopic (exact) mass is 255 g/mol. The second kappa shape index (κ2) is 7.27. The molecule has 3 nitrogen and oxygen atoms in total. The summed E-state index contributed by atoms with van der Waals surface area (Å²) in [7, 11) is 0. The lowest BCUT2D eigenvalue weighted by Crippen LogP contribution is -2.42. The first-order valence-corrected chi connectivity index (χ1v) is 7.04. The topological polar surface area (TPSA) is 41.5 Å². The Hall–Kier alpha value is -0.380. The minimum atomic E-state index is -0.418. The zero-order chi connectivity index (χ0) is 13.6. The van der Waals surface area contributed by atoms with Gasteiger partial charge in [0.1, 0.15) is 0 Å². The summed E-state index contributed by atoms with van der Waals surface area (Å²) in [5.41, 5.74) is 0.0453. The number of nitrogens with one attached hydrogen (secondary N) is 1. The molecule has 0 saturated heterocycles. The molecule has 0 spiro atoms. The van der Waals surface area contributed by atoms with Crippen LogP contribution in [0.1, 0.15) is 40.5 Å². The minimum absolute atomic E-state index is 0.0453. The summed E-state index contributed by atoms with van der Waals surface area (Å²) in [5.74, 6) is 1.30. The summed E-state index contributed by atoms with van der Waals surface area (Å²) in [6.07, 6.45) is 6.34. The number of hydrogen-bond donors (Lipinski definition) is 2. The average Bonchev–Trinajstić information content (AvgIpc) is 2.28. The smallest absolute Gasteiger partial charge is 0.0897 e. The van der Waals surface area contributed by atoms with Crippen LogP contribution in [0.15, 0.2) is 12.2 Å². The molecule has 0 aromatic heterocycles. The van der Waals surface area contributed by atoms with Crippen molar-refractivity contribution in [2.24, 2.45) is 11.8 Å². The molecule has 106 valence electrons. The van der Waals surface area contributed by atoms with E-state index in [1.165, 1.54) is 0 Å². The van der Waals surface area contributed by atoms with Gasteiger partial charge in [0.15, 0.2) is 0 Å². The van der Waals surface area contributed by atoms with E-state index in [0.717, 1.165) is 19.4 Å². The van der Waals surface area contributed by atoms with Crippen molar-refractivity contribution in [1.82, 2.24) is 5.32 Å². The molecule has 0 saturated carbocycles. The Balaban J connectivity index is 2.11. The van der Waals surface area contributed by atoms with Crippen molar-refractivity contribution in [1.29, 1.82) is 0 Å². The Morgan fingerprint density at radius 3 is 2.61 bits per heavy atom. The molecule has 18 heavy (non-hydrogen) atoms. The van der Waals surface area contributed by atoms with Crippen molar-refractivity contribution < 1.29 is 9.84 Å². The SMILES string of the molecule is CC1CC=CCC1COCC(O)CNC(C)(C)C. The highest BCUT2D eigenvalue weighted by Crippen LogP contribution is 2.24. The highest BCUT2D eigenvalue weighted by molar-refractivity contribution is 4.93. The lowest BCUT2D eigenvalue weighted by atomic mass is 9.85. The van der Waals surface area contributed by atoms with Crippen molar-refractivity contribution in [3.05, 3.63) is 12.2 Å².